The molecule has 0 radical (unpaired) electrons. The Morgan fingerprint density at radius 3 is 2.74 bits per heavy atom. The van der Waals surface area contributed by atoms with Crippen LogP contribution < -0.4 is 5.69 Å². The van der Waals surface area contributed by atoms with Gasteiger partial charge in [-0.3, -0.25) is 9.36 Å². The molecular formula is C13H18N2O4. The predicted molar refractivity (Wildman–Crippen MR) is 68.4 cm³/mol. The molecule has 6 heteroatoms. The zero-order valence-corrected chi connectivity index (χ0v) is 11.4. The Labute approximate surface area is 111 Å². The zero-order chi connectivity index (χ0) is 14.2. The van der Waals surface area contributed by atoms with Crippen molar-refractivity contribution in [2.24, 2.45) is 0 Å². The third kappa shape index (κ3) is 2.40. The van der Waals surface area contributed by atoms with E-state index in [4.69, 9.17) is 9.84 Å². The first-order valence-corrected chi connectivity index (χ1v) is 6.24. The molecule has 2 heterocycles. The standard InChI is InChI=1S/C13H18N2O4/c1-8-10(6-11(16)17)9(2)15(12(18)14-8)13(3)4-5-19-7-13/h4-7H2,1-3H3,(H,16,17). The monoisotopic (exact) mass is 266 g/mol. The largest absolute Gasteiger partial charge is 0.481 e. The molecule has 0 spiro atoms. The van der Waals surface area contributed by atoms with Crippen molar-refractivity contribution in [2.75, 3.05) is 13.2 Å². The number of carboxylic acids is 1. The van der Waals surface area contributed by atoms with Crippen LogP contribution in [0.4, 0.5) is 0 Å². The SMILES string of the molecule is Cc1nc(=O)n(C2(C)CCOC2)c(C)c1CC(=O)O. The number of carboxylic acid groups (broad SMARTS) is 1. The summed E-state index contributed by atoms with van der Waals surface area (Å²) < 4.78 is 6.96. The van der Waals surface area contributed by atoms with Crippen molar-refractivity contribution in [2.45, 2.75) is 39.2 Å². The molecule has 0 aromatic carbocycles. The Morgan fingerprint density at radius 1 is 1.53 bits per heavy atom. The highest BCUT2D eigenvalue weighted by atomic mass is 16.5. The summed E-state index contributed by atoms with van der Waals surface area (Å²) in [6, 6.07) is 0. The number of aryl methyl sites for hydroxylation is 1. The van der Waals surface area contributed by atoms with Crippen molar-refractivity contribution < 1.29 is 14.6 Å². The summed E-state index contributed by atoms with van der Waals surface area (Å²) in [5, 5.41) is 8.97. The van der Waals surface area contributed by atoms with Gasteiger partial charge in [0.15, 0.2) is 0 Å². The van der Waals surface area contributed by atoms with Gasteiger partial charge in [-0.15, -0.1) is 0 Å². The van der Waals surface area contributed by atoms with Crippen LogP contribution in [0.15, 0.2) is 4.79 Å². The molecule has 1 aromatic rings. The van der Waals surface area contributed by atoms with Crippen LogP contribution in [0, 0.1) is 13.8 Å². The van der Waals surface area contributed by atoms with Crippen molar-refractivity contribution in [3.05, 3.63) is 27.4 Å². The molecule has 104 valence electrons. The van der Waals surface area contributed by atoms with Crippen molar-refractivity contribution in [1.82, 2.24) is 9.55 Å². The lowest BCUT2D eigenvalue weighted by molar-refractivity contribution is -0.136. The number of aromatic nitrogens is 2. The molecule has 1 aliphatic heterocycles. The minimum absolute atomic E-state index is 0.123. The average molecular weight is 266 g/mol. The minimum Gasteiger partial charge on any atom is -0.481 e. The summed E-state index contributed by atoms with van der Waals surface area (Å²) in [4.78, 5) is 27.0. The molecule has 1 aliphatic rings. The molecule has 0 amide bonds. The van der Waals surface area contributed by atoms with Gasteiger partial charge in [0.05, 0.1) is 18.6 Å². The highest BCUT2D eigenvalue weighted by molar-refractivity contribution is 5.70. The van der Waals surface area contributed by atoms with Crippen LogP contribution in [0.2, 0.25) is 0 Å². The summed E-state index contributed by atoms with van der Waals surface area (Å²) in [5.41, 5.74) is 1.00. The molecule has 0 aliphatic carbocycles. The van der Waals surface area contributed by atoms with E-state index in [-0.39, 0.29) is 12.1 Å². The van der Waals surface area contributed by atoms with E-state index in [1.807, 2.05) is 6.92 Å². The Hall–Kier alpha value is -1.69. The summed E-state index contributed by atoms with van der Waals surface area (Å²) in [6.07, 6.45) is 0.604. The fourth-order valence-electron chi connectivity index (χ4n) is 2.68. The second-order valence-electron chi connectivity index (χ2n) is 5.25. The molecule has 1 aromatic heterocycles. The third-order valence-electron chi connectivity index (χ3n) is 3.73. The number of carbonyl (C=O) groups is 1. The van der Waals surface area contributed by atoms with Gasteiger partial charge in [0.25, 0.3) is 0 Å². The van der Waals surface area contributed by atoms with Crippen LogP contribution in [0.25, 0.3) is 0 Å². The van der Waals surface area contributed by atoms with Gasteiger partial charge in [0.1, 0.15) is 0 Å². The number of aliphatic carboxylic acids is 1. The molecular weight excluding hydrogens is 248 g/mol. The molecule has 19 heavy (non-hydrogen) atoms. The Kier molecular flexibility index (Phi) is 3.45. The lowest BCUT2D eigenvalue weighted by Gasteiger charge is -2.28. The van der Waals surface area contributed by atoms with Crippen molar-refractivity contribution in [3.8, 4) is 0 Å². The zero-order valence-electron chi connectivity index (χ0n) is 11.4. The fourth-order valence-corrected chi connectivity index (χ4v) is 2.68. The molecule has 1 N–H and O–H groups in total. The lowest BCUT2D eigenvalue weighted by atomic mass is 9.99. The highest BCUT2D eigenvalue weighted by Crippen LogP contribution is 2.27. The second-order valence-corrected chi connectivity index (χ2v) is 5.25. The average Bonchev–Trinajstić information content (AvgIpc) is 2.71. The van der Waals surface area contributed by atoms with E-state index in [9.17, 15) is 9.59 Å². The van der Waals surface area contributed by atoms with Crippen molar-refractivity contribution in [3.63, 3.8) is 0 Å². The molecule has 2 rings (SSSR count). The van der Waals surface area contributed by atoms with Gasteiger partial charge >= 0.3 is 11.7 Å². The van der Waals surface area contributed by atoms with Gasteiger partial charge < -0.3 is 9.84 Å². The first-order valence-electron chi connectivity index (χ1n) is 6.24. The third-order valence-corrected chi connectivity index (χ3v) is 3.73. The maximum absolute atomic E-state index is 12.1. The molecule has 1 atom stereocenters. The first-order chi connectivity index (χ1) is 8.85. The lowest BCUT2D eigenvalue weighted by Crippen LogP contribution is -2.43. The fraction of sp³-hybridized carbons (Fsp3) is 0.615. The second kappa shape index (κ2) is 4.77. The van der Waals surface area contributed by atoms with Gasteiger partial charge in [-0.05, 0) is 27.2 Å². The number of hydrogen-bond acceptors (Lipinski definition) is 4. The van der Waals surface area contributed by atoms with E-state index in [1.165, 1.54) is 0 Å². The minimum atomic E-state index is -0.925. The summed E-state index contributed by atoms with van der Waals surface area (Å²) in [5.74, 6) is -0.925. The molecule has 1 saturated heterocycles. The number of rotatable bonds is 3. The van der Waals surface area contributed by atoms with Crippen LogP contribution in [-0.2, 0) is 21.5 Å². The van der Waals surface area contributed by atoms with E-state index < -0.39 is 11.5 Å². The van der Waals surface area contributed by atoms with Gasteiger partial charge in [-0.2, -0.15) is 4.98 Å². The molecule has 1 fully saturated rings. The smallest absolute Gasteiger partial charge is 0.348 e. The molecule has 1 unspecified atom stereocenters. The first kappa shape index (κ1) is 13.7. The number of hydrogen-bond donors (Lipinski definition) is 1. The van der Waals surface area contributed by atoms with E-state index in [0.717, 1.165) is 6.42 Å². The van der Waals surface area contributed by atoms with Crippen LogP contribution in [0.3, 0.4) is 0 Å². The number of nitrogens with zero attached hydrogens (tertiary/aromatic N) is 2. The molecule has 0 saturated carbocycles. The van der Waals surface area contributed by atoms with E-state index >= 15 is 0 Å². The van der Waals surface area contributed by atoms with Gasteiger partial charge in [0, 0.05) is 23.6 Å². The van der Waals surface area contributed by atoms with E-state index in [0.29, 0.717) is 30.2 Å². The summed E-state index contributed by atoms with van der Waals surface area (Å²) >= 11 is 0. The Morgan fingerprint density at radius 2 is 2.21 bits per heavy atom. The summed E-state index contributed by atoms with van der Waals surface area (Å²) in [7, 11) is 0. The van der Waals surface area contributed by atoms with Crippen molar-refractivity contribution in [1.29, 1.82) is 0 Å². The van der Waals surface area contributed by atoms with Crippen LogP contribution in [-0.4, -0.2) is 33.8 Å². The van der Waals surface area contributed by atoms with Gasteiger partial charge in [-0.1, -0.05) is 0 Å². The van der Waals surface area contributed by atoms with Gasteiger partial charge in [0.2, 0.25) is 0 Å². The summed E-state index contributed by atoms with van der Waals surface area (Å²) in [6.45, 7) is 6.44. The van der Waals surface area contributed by atoms with E-state index in [1.54, 1.807) is 18.4 Å². The highest BCUT2D eigenvalue weighted by Gasteiger charge is 2.34. The number of ether oxygens (including phenoxy) is 1. The Bertz CT molecular complexity index is 571. The van der Waals surface area contributed by atoms with Crippen molar-refractivity contribution >= 4 is 5.97 Å². The van der Waals surface area contributed by atoms with Gasteiger partial charge in [-0.25, -0.2) is 4.79 Å². The maximum Gasteiger partial charge on any atom is 0.348 e. The predicted octanol–water partition coefficient (Wildman–Crippen LogP) is 0.623. The normalized spacial score (nSPS) is 22.7. The molecule has 0 bridgehead atoms. The topological polar surface area (TPSA) is 81.4 Å². The maximum atomic E-state index is 12.1. The molecule has 6 nitrogen and oxygen atoms in total. The quantitative estimate of drug-likeness (QED) is 0.867. The van der Waals surface area contributed by atoms with Crippen LogP contribution >= 0.6 is 0 Å². The van der Waals surface area contributed by atoms with Crippen LogP contribution in [0.1, 0.15) is 30.3 Å². The van der Waals surface area contributed by atoms with E-state index in [2.05, 4.69) is 4.98 Å². The van der Waals surface area contributed by atoms with Crippen LogP contribution in [0.5, 0.6) is 0 Å². The Balaban J connectivity index is 2.61.